The summed E-state index contributed by atoms with van der Waals surface area (Å²) in [5.74, 6) is 0. The predicted molar refractivity (Wildman–Crippen MR) is 64.2 cm³/mol. The monoisotopic (exact) mass is 211 g/mol. The molecule has 3 heteroatoms. The van der Waals surface area contributed by atoms with E-state index < -0.39 is 0 Å². The van der Waals surface area contributed by atoms with Crippen molar-refractivity contribution in [3.05, 3.63) is 0 Å². The number of nitrogens with one attached hydrogen (secondary N) is 1. The molecule has 2 aliphatic rings. The zero-order valence-electron chi connectivity index (χ0n) is 10.4. The van der Waals surface area contributed by atoms with E-state index in [4.69, 9.17) is 0 Å². The number of rotatable bonds is 2. The molecule has 1 atom stereocenters. The van der Waals surface area contributed by atoms with Gasteiger partial charge in [0.15, 0.2) is 0 Å². The van der Waals surface area contributed by atoms with Gasteiger partial charge in [0.25, 0.3) is 0 Å². The Labute approximate surface area is 93.8 Å². The molecule has 2 heterocycles. The van der Waals surface area contributed by atoms with E-state index in [9.17, 15) is 0 Å². The van der Waals surface area contributed by atoms with Crippen molar-refractivity contribution in [2.75, 3.05) is 39.3 Å². The van der Waals surface area contributed by atoms with Crippen molar-refractivity contribution in [3.63, 3.8) is 0 Å². The Hall–Kier alpha value is -0.120. The summed E-state index contributed by atoms with van der Waals surface area (Å²) < 4.78 is 0. The molecule has 0 bridgehead atoms. The van der Waals surface area contributed by atoms with Gasteiger partial charge in [0, 0.05) is 37.8 Å². The van der Waals surface area contributed by atoms with Crippen LogP contribution in [0.5, 0.6) is 0 Å². The molecule has 0 aromatic carbocycles. The molecule has 3 nitrogen and oxygen atoms in total. The summed E-state index contributed by atoms with van der Waals surface area (Å²) in [5.41, 5.74) is 0.314. The number of nitrogens with zero attached hydrogens (tertiary/aromatic N) is 2. The average molecular weight is 211 g/mol. The zero-order chi connectivity index (χ0) is 10.9. The molecular weight excluding hydrogens is 186 g/mol. The highest BCUT2D eigenvalue weighted by molar-refractivity contribution is 4.99. The van der Waals surface area contributed by atoms with Gasteiger partial charge in [-0.1, -0.05) is 6.92 Å². The van der Waals surface area contributed by atoms with Crippen LogP contribution in [0.15, 0.2) is 0 Å². The van der Waals surface area contributed by atoms with E-state index >= 15 is 0 Å². The quantitative estimate of drug-likeness (QED) is 0.728. The molecule has 2 rings (SSSR count). The molecule has 0 amide bonds. The summed E-state index contributed by atoms with van der Waals surface area (Å²) in [5, 5.41) is 3.61. The fourth-order valence-corrected chi connectivity index (χ4v) is 3.04. The summed E-state index contributed by atoms with van der Waals surface area (Å²) >= 11 is 0. The minimum absolute atomic E-state index is 0.314. The highest BCUT2D eigenvalue weighted by Crippen LogP contribution is 2.25. The maximum Gasteiger partial charge on any atom is 0.0285 e. The number of hydrogen-bond acceptors (Lipinski definition) is 3. The van der Waals surface area contributed by atoms with Crippen molar-refractivity contribution >= 4 is 0 Å². The van der Waals surface area contributed by atoms with E-state index in [0.717, 1.165) is 6.04 Å². The van der Waals surface area contributed by atoms with Gasteiger partial charge >= 0.3 is 0 Å². The topological polar surface area (TPSA) is 18.5 Å². The van der Waals surface area contributed by atoms with Crippen LogP contribution in [0.3, 0.4) is 0 Å². The summed E-state index contributed by atoms with van der Waals surface area (Å²) in [6, 6.07) is 0.747. The van der Waals surface area contributed by atoms with Crippen molar-refractivity contribution in [1.82, 2.24) is 15.1 Å². The highest BCUT2D eigenvalue weighted by atomic mass is 15.3. The minimum Gasteiger partial charge on any atom is -0.310 e. The Morgan fingerprint density at radius 1 is 1.20 bits per heavy atom. The molecule has 0 aliphatic carbocycles. The molecule has 0 radical (unpaired) electrons. The van der Waals surface area contributed by atoms with Crippen molar-refractivity contribution in [1.29, 1.82) is 0 Å². The van der Waals surface area contributed by atoms with Gasteiger partial charge in [-0.15, -0.1) is 0 Å². The van der Waals surface area contributed by atoms with E-state index in [0.29, 0.717) is 5.54 Å². The molecule has 1 unspecified atom stereocenters. The van der Waals surface area contributed by atoms with Crippen LogP contribution in [0, 0.1) is 0 Å². The van der Waals surface area contributed by atoms with E-state index in [1.807, 2.05) is 0 Å². The van der Waals surface area contributed by atoms with Gasteiger partial charge in [-0.2, -0.15) is 0 Å². The first-order chi connectivity index (χ1) is 7.13. The lowest BCUT2D eigenvalue weighted by Crippen LogP contribution is -2.56. The molecular formula is C12H25N3. The van der Waals surface area contributed by atoms with Gasteiger partial charge in [0.05, 0.1) is 0 Å². The Kier molecular flexibility index (Phi) is 3.33. The lowest BCUT2D eigenvalue weighted by molar-refractivity contribution is 0.0764. The third kappa shape index (κ3) is 2.35. The number of piperazine rings is 1. The molecule has 0 spiro atoms. The minimum atomic E-state index is 0.314. The third-order valence-electron chi connectivity index (χ3n) is 4.13. The average Bonchev–Trinajstić information content (AvgIpc) is 2.58. The standard InChI is InChI=1S/C12H25N3/c1-4-14-7-9-15(10-8-14)11-5-6-13-12(11,2)3/h11,13H,4-10H2,1-3H3. The Morgan fingerprint density at radius 2 is 1.87 bits per heavy atom. The first-order valence-corrected chi connectivity index (χ1v) is 6.35. The van der Waals surface area contributed by atoms with E-state index in [-0.39, 0.29) is 0 Å². The maximum absolute atomic E-state index is 3.61. The van der Waals surface area contributed by atoms with Crippen LogP contribution < -0.4 is 5.32 Å². The van der Waals surface area contributed by atoms with Crippen molar-refractivity contribution in [2.45, 2.75) is 38.8 Å². The van der Waals surface area contributed by atoms with Crippen LogP contribution in [0.4, 0.5) is 0 Å². The Morgan fingerprint density at radius 3 is 2.33 bits per heavy atom. The third-order valence-corrected chi connectivity index (χ3v) is 4.13. The summed E-state index contributed by atoms with van der Waals surface area (Å²) in [6.45, 7) is 14.4. The predicted octanol–water partition coefficient (Wildman–Crippen LogP) is 0.764. The molecule has 15 heavy (non-hydrogen) atoms. The summed E-state index contributed by atoms with van der Waals surface area (Å²) in [4.78, 5) is 5.23. The molecule has 2 aliphatic heterocycles. The second-order valence-corrected chi connectivity index (χ2v) is 5.42. The van der Waals surface area contributed by atoms with Crippen LogP contribution in [0.2, 0.25) is 0 Å². The number of hydrogen-bond donors (Lipinski definition) is 1. The van der Waals surface area contributed by atoms with E-state index in [1.54, 1.807) is 0 Å². The molecule has 0 aromatic heterocycles. The summed E-state index contributed by atoms with van der Waals surface area (Å²) in [6.07, 6.45) is 1.32. The molecule has 0 aromatic rings. The summed E-state index contributed by atoms with van der Waals surface area (Å²) in [7, 11) is 0. The van der Waals surface area contributed by atoms with Crippen molar-refractivity contribution in [2.24, 2.45) is 0 Å². The Balaban J connectivity index is 1.90. The first-order valence-electron chi connectivity index (χ1n) is 6.35. The SMILES string of the molecule is CCN1CCN(C2CCNC2(C)C)CC1. The van der Waals surface area contributed by atoms with Crippen LogP contribution in [-0.2, 0) is 0 Å². The van der Waals surface area contributed by atoms with Gasteiger partial charge in [-0.3, -0.25) is 4.90 Å². The molecule has 1 N–H and O–H groups in total. The number of likely N-dealkylation sites (N-methyl/N-ethyl adjacent to an activating group) is 1. The normalized spacial score (nSPS) is 33.4. The van der Waals surface area contributed by atoms with E-state index in [1.165, 1.54) is 45.7 Å². The Bertz CT molecular complexity index is 207. The first kappa shape index (κ1) is 11.4. The van der Waals surface area contributed by atoms with Crippen molar-refractivity contribution < 1.29 is 0 Å². The smallest absolute Gasteiger partial charge is 0.0285 e. The molecule has 2 saturated heterocycles. The van der Waals surface area contributed by atoms with Gasteiger partial charge < -0.3 is 10.2 Å². The van der Waals surface area contributed by atoms with Gasteiger partial charge in [0.2, 0.25) is 0 Å². The van der Waals surface area contributed by atoms with Gasteiger partial charge in [-0.05, 0) is 33.4 Å². The van der Waals surface area contributed by atoms with E-state index in [2.05, 4.69) is 35.9 Å². The van der Waals surface area contributed by atoms with Crippen LogP contribution in [-0.4, -0.2) is 60.6 Å². The molecule has 88 valence electrons. The van der Waals surface area contributed by atoms with Crippen LogP contribution in [0.25, 0.3) is 0 Å². The second-order valence-electron chi connectivity index (χ2n) is 5.42. The second kappa shape index (κ2) is 4.40. The van der Waals surface area contributed by atoms with Gasteiger partial charge in [0.1, 0.15) is 0 Å². The fraction of sp³-hybridized carbons (Fsp3) is 1.00. The molecule has 0 saturated carbocycles. The largest absolute Gasteiger partial charge is 0.310 e. The molecule has 2 fully saturated rings. The van der Waals surface area contributed by atoms with Crippen LogP contribution in [0.1, 0.15) is 27.2 Å². The van der Waals surface area contributed by atoms with Crippen LogP contribution >= 0.6 is 0 Å². The lowest BCUT2D eigenvalue weighted by atomic mass is 9.95. The maximum atomic E-state index is 3.61. The lowest BCUT2D eigenvalue weighted by Gasteiger charge is -2.42. The van der Waals surface area contributed by atoms with Gasteiger partial charge in [-0.25, -0.2) is 0 Å². The van der Waals surface area contributed by atoms with Crippen molar-refractivity contribution in [3.8, 4) is 0 Å². The fourth-order valence-electron chi connectivity index (χ4n) is 3.04. The zero-order valence-corrected chi connectivity index (χ0v) is 10.4. The highest BCUT2D eigenvalue weighted by Gasteiger charge is 2.38.